The molecule has 0 fully saturated rings. The van der Waals surface area contributed by atoms with Crippen molar-refractivity contribution >= 4 is 49.9 Å². The summed E-state index contributed by atoms with van der Waals surface area (Å²) in [6.07, 6.45) is 6.73. The van der Waals surface area contributed by atoms with Crippen LogP contribution in [0.4, 0.5) is 19.5 Å². The quantitative estimate of drug-likeness (QED) is 0.0956. The Morgan fingerprint density at radius 2 is 1.47 bits per heavy atom. The normalized spacial score (nSPS) is 20.3. The largest absolute Gasteiger partial charge is 0.495 e. The number of fused-ring (bicyclic) bond motifs is 2. The summed E-state index contributed by atoms with van der Waals surface area (Å²) in [4.78, 5) is 24.9. The molecule has 4 atom stereocenters. The zero-order valence-electron chi connectivity index (χ0n) is 30.7. The molecular formula is C41H37F2N7O4S+2. The van der Waals surface area contributed by atoms with E-state index in [0.717, 1.165) is 56.6 Å². The lowest BCUT2D eigenvalue weighted by atomic mass is 9.95. The minimum Gasteiger partial charge on any atom is -0.495 e. The number of aromatic nitrogens is 3. The SMILES string of the molecule is COCCOc1cnc2ccc(C(C)[N@@+]3(C(C)c4ccc5ncc(OC)cc5c4)N=NC4=C3C(=O)[N@@+](c3ccc(F)c(F)c3)(c3cc(C)ns3)C=C4)cc2c1. The number of hydrogen-bond acceptors (Lipinski definition) is 10. The standard InChI is InChI=1S/C41H37F2N7O4S/c1-24-16-39(55-47-24)49(31-8-9-34(42)35(43)21-31)13-12-38-40(41(49)51)50(48-46-38,25(2)27-6-10-36-29(17-27)19-32(53-5)22-44-36)26(3)28-7-11-37-30(18-28)20-33(23-45-37)54-15-14-52-4/h6-13,16-23,25-26H,14-15H2,1-5H3/q+2/t25?,26?,49-,50+/m0/s1. The van der Waals surface area contributed by atoms with Crippen molar-refractivity contribution in [2.45, 2.75) is 32.9 Å². The molecule has 0 N–H and O–H groups in total. The van der Waals surface area contributed by atoms with E-state index in [4.69, 9.17) is 19.4 Å². The molecule has 8 rings (SSSR count). The Hall–Kier alpha value is -5.80. The number of methoxy groups -OCH3 is 2. The number of carbonyl (C=O) groups excluding carboxylic acids is 1. The van der Waals surface area contributed by atoms with E-state index in [9.17, 15) is 4.39 Å². The van der Waals surface area contributed by atoms with E-state index < -0.39 is 34.1 Å². The van der Waals surface area contributed by atoms with E-state index in [1.54, 1.807) is 45.0 Å². The second-order valence-electron chi connectivity index (χ2n) is 13.6. The maximum atomic E-state index is 15.7. The molecule has 0 radical (unpaired) electrons. The number of pyridine rings is 2. The Balaban J connectivity index is 1.33. The minimum atomic E-state index is -1.07. The molecule has 1 amide bonds. The monoisotopic (exact) mass is 761 g/mol. The third kappa shape index (κ3) is 5.98. The number of quaternary nitrogens is 2. The molecular weight excluding hydrogens is 725 g/mol. The summed E-state index contributed by atoms with van der Waals surface area (Å²) >= 11 is 1.12. The van der Waals surface area contributed by atoms with Crippen molar-refractivity contribution in [3.8, 4) is 11.5 Å². The van der Waals surface area contributed by atoms with Crippen molar-refractivity contribution in [1.29, 1.82) is 0 Å². The molecule has 2 aliphatic heterocycles. The molecule has 5 heterocycles. The summed E-state index contributed by atoms with van der Waals surface area (Å²) in [5, 5.41) is 11.9. The van der Waals surface area contributed by atoms with Crippen LogP contribution in [0.3, 0.4) is 0 Å². The van der Waals surface area contributed by atoms with Gasteiger partial charge >= 0.3 is 5.91 Å². The molecule has 11 nitrogen and oxygen atoms in total. The second kappa shape index (κ2) is 14.1. The fourth-order valence-electron chi connectivity index (χ4n) is 7.46. The molecule has 14 heteroatoms. The van der Waals surface area contributed by atoms with E-state index in [0.29, 0.717) is 41.1 Å². The molecule has 6 aromatic rings. The zero-order valence-corrected chi connectivity index (χ0v) is 31.6. The Morgan fingerprint density at radius 3 is 2.09 bits per heavy atom. The fraction of sp³-hybridized carbons (Fsp3) is 0.220. The molecule has 0 saturated heterocycles. The lowest BCUT2D eigenvalue weighted by molar-refractivity contribution is -0.951. The predicted molar refractivity (Wildman–Crippen MR) is 205 cm³/mol. The van der Waals surface area contributed by atoms with Gasteiger partial charge in [-0.1, -0.05) is 17.2 Å². The van der Waals surface area contributed by atoms with Crippen LogP contribution in [-0.2, 0) is 9.53 Å². The maximum absolute atomic E-state index is 15.7. The van der Waals surface area contributed by atoms with Crippen LogP contribution < -0.4 is 14.0 Å². The first kappa shape index (κ1) is 36.2. The van der Waals surface area contributed by atoms with Gasteiger partial charge in [-0.2, -0.15) is 8.86 Å². The van der Waals surface area contributed by atoms with Gasteiger partial charge in [0.05, 0.1) is 42.8 Å². The van der Waals surface area contributed by atoms with Gasteiger partial charge < -0.3 is 14.2 Å². The van der Waals surface area contributed by atoms with Gasteiger partial charge in [0.2, 0.25) is 5.00 Å². The molecule has 278 valence electrons. The third-order valence-electron chi connectivity index (χ3n) is 10.5. The van der Waals surface area contributed by atoms with Crippen LogP contribution in [0.25, 0.3) is 21.8 Å². The lowest BCUT2D eigenvalue weighted by Crippen LogP contribution is -2.55. The van der Waals surface area contributed by atoms with Gasteiger partial charge in [0.1, 0.15) is 36.4 Å². The van der Waals surface area contributed by atoms with E-state index in [1.807, 2.05) is 69.3 Å². The fourth-order valence-corrected chi connectivity index (χ4v) is 8.35. The van der Waals surface area contributed by atoms with E-state index in [-0.39, 0.29) is 16.0 Å². The van der Waals surface area contributed by atoms with Gasteiger partial charge in [-0.25, -0.2) is 13.6 Å². The molecule has 2 aliphatic rings. The summed E-state index contributed by atoms with van der Waals surface area (Å²) in [7, 11) is 3.21. The number of allylic oxidation sites excluding steroid dienone is 1. The Labute approximate surface area is 319 Å². The van der Waals surface area contributed by atoms with Crippen molar-refractivity contribution in [3.05, 3.63) is 137 Å². The van der Waals surface area contributed by atoms with Crippen molar-refractivity contribution in [1.82, 2.24) is 18.8 Å². The highest BCUT2D eigenvalue weighted by Gasteiger charge is 2.62. The first-order chi connectivity index (χ1) is 26.6. The molecule has 3 aromatic carbocycles. The number of nitrogens with zero attached hydrogens (tertiary/aromatic N) is 7. The first-order valence-electron chi connectivity index (χ1n) is 17.6. The summed E-state index contributed by atoms with van der Waals surface area (Å²) in [6.45, 7) is 6.65. The number of hydrogen-bond donors (Lipinski definition) is 0. The van der Waals surface area contributed by atoms with Gasteiger partial charge in [0.15, 0.2) is 23.0 Å². The number of aryl methyl sites for hydroxylation is 1. The topological polar surface area (TPSA) is 108 Å². The van der Waals surface area contributed by atoms with E-state index in [2.05, 4.69) is 19.5 Å². The molecule has 2 unspecified atom stereocenters. The molecule has 0 spiro atoms. The number of ether oxygens (including phenoxy) is 3. The Morgan fingerprint density at radius 1 is 0.800 bits per heavy atom. The smallest absolute Gasteiger partial charge is 0.419 e. The summed E-state index contributed by atoms with van der Waals surface area (Å²) in [5.41, 5.74) is 4.81. The van der Waals surface area contributed by atoms with Crippen LogP contribution in [0.5, 0.6) is 11.5 Å². The predicted octanol–water partition coefficient (Wildman–Crippen LogP) is 9.48. The molecule has 0 bridgehead atoms. The van der Waals surface area contributed by atoms with Gasteiger partial charge in [-0.05, 0) is 63.2 Å². The van der Waals surface area contributed by atoms with Crippen LogP contribution in [0.1, 0.15) is 42.8 Å². The van der Waals surface area contributed by atoms with Crippen molar-refractivity contribution in [2.75, 3.05) is 27.4 Å². The second-order valence-corrected chi connectivity index (χ2v) is 14.3. The van der Waals surface area contributed by atoms with E-state index in [1.165, 1.54) is 6.07 Å². The number of benzene rings is 3. The van der Waals surface area contributed by atoms with Crippen LogP contribution in [0.15, 0.2) is 119 Å². The van der Waals surface area contributed by atoms with E-state index >= 15 is 9.18 Å². The Bertz CT molecular complexity index is 2590. The number of halogens is 2. The van der Waals surface area contributed by atoms with Crippen LogP contribution in [-0.4, -0.2) is 52.3 Å². The van der Waals surface area contributed by atoms with Gasteiger partial charge in [-0.3, -0.25) is 9.97 Å². The molecule has 55 heavy (non-hydrogen) atoms. The number of amides is 1. The third-order valence-corrected chi connectivity index (χ3v) is 11.4. The molecule has 0 aliphatic carbocycles. The van der Waals surface area contributed by atoms with Crippen LogP contribution >= 0.6 is 11.5 Å². The summed E-state index contributed by atoms with van der Waals surface area (Å²) in [5.74, 6) is -1.31. The number of carbonyl (C=O) groups is 1. The van der Waals surface area contributed by atoms with Crippen molar-refractivity contribution in [3.63, 3.8) is 0 Å². The van der Waals surface area contributed by atoms with Gasteiger partial charge in [0.25, 0.3) is 5.70 Å². The van der Waals surface area contributed by atoms with Gasteiger partial charge in [-0.15, -0.1) is 4.59 Å². The van der Waals surface area contributed by atoms with Gasteiger partial charge in [0, 0.05) is 70.0 Å². The zero-order chi connectivity index (χ0) is 38.5. The summed E-state index contributed by atoms with van der Waals surface area (Å²) < 4.78 is 49.7. The average molecular weight is 762 g/mol. The highest BCUT2D eigenvalue weighted by Crippen LogP contribution is 2.54. The molecule has 0 saturated carbocycles. The minimum absolute atomic E-state index is 0.210. The highest BCUT2D eigenvalue weighted by atomic mass is 32.1. The van der Waals surface area contributed by atoms with Crippen LogP contribution in [0, 0.1) is 18.6 Å². The highest BCUT2D eigenvalue weighted by molar-refractivity contribution is 7.10. The first-order valence-corrected chi connectivity index (χ1v) is 18.4. The maximum Gasteiger partial charge on any atom is 0.419 e. The van der Waals surface area contributed by atoms with Crippen LogP contribution in [0.2, 0.25) is 0 Å². The average Bonchev–Trinajstić information content (AvgIpc) is 3.83. The lowest BCUT2D eigenvalue weighted by Gasteiger charge is -2.41. The number of rotatable bonds is 11. The van der Waals surface area contributed by atoms with Crippen molar-refractivity contribution < 1.29 is 32.4 Å². The Kier molecular flexibility index (Phi) is 9.29. The van der Waals surface area contributed by atoms with Crippen molar-refractivity contribution in [2.24, 2.45) is 10.3 Å². The molecule has 3 aromatic heterocycles. The summed E-state index contributed by atoms with van der Waals surface area (Å²) in [6, 6.07) is 20.0.